The fourth-order valence-electron chi connectivity index (χ4n) is 2.78. The average Bonchev–Trinajstić information content (AvgIpc) is 3.11. The predicted octanol–water partition coefficient (Wildman–Crippen LogP) is 1.33. The van der Waals surface area contributed by atoms with E-state index < -0.39 is 0 Å². The van der Waals surface area contributed by atoms with Crippen LogP contribution >= 0.6 is 11.3 Å². The maximum absolute atomic E-state index is 12.1. The van der Waals surface area contributed by atoms with E-state index in [9.17, 15) is 9.59 Å². The number of hydrogen-bond acceptors (Lipinski definition) is 7. The van der Waals surface area contributed by atoms with E-state index in [1.54, 1.807) is 13.0 Å². The van der Waals surface area contributed by atoms with Gasteiger partial charge in [-0.05, 0) is 19.8 Å². The van der Waals surface area contributed by atoms with Crippen molar-refractivity contribution in [1.29, 1.82) is 0 Å². The van der Waals surface area contributed by atoms with Gasteiger partial charge in [0, 0.05) is 36.5 Å². The van der Waals surface area contributed by atoms with Gasteiger partial charge in [-0.15, -0.1) is 11.3 Å². The van der Waals surface area contributed by atoms with Crippen LogP contribution in [-0.4, -0.2) is 46.0 Å². The van der Waals surface area contributed by atoms with E-state index in [-0.39, 0.29) is 17.5 Å². The van der Waals surface area contributed by atoms with Crippen molar-refractivity contribution in [2.75, 3.05) is 18.4 Å². The van der Waals surface area contributed by atoms with E-state index in [0.29, 0.717) is 30.0 Å². The quantitative estimate of drug-likeness (QED) is 0.833. The lowest BCUT2D eigenvalue weighted by Gasteiger charge is -2.25. The smallest absolute Gasteiger partial charge is 0.279 e. The largest absolute Gasteiger partial charge is 0.361 e. The number of rotatable bonds is 5. The molecule has 3 heterocycles. The third kappa shape index (κ3) is 3.88. The number of hydrogen-bond donors (Lipinski definition) is 2. The Hall–Kier alpha value is -2.26. The van der Waals surface area contributed by atoms with Crippen molar-refractivity contribution in [3.63, 3.8) is 0 Å². The summed E-state index contributed by atoms with van der Waals surface area (Å²) in [4.78, 5) is 31.8. The van der Waals surface area contributed by atoms with Gasteiger partial charge in [0.1, 0.15) is 5.76 Å². The van der Waals surface area contributed by atoms with Gasteiger partial charge in [0.25, 0.3) is 5.91 Å². The SMILES string of the molecule is Cc1cc(C(=O)Nc2nc3c(s2)CN(CC(=O)NC2CC2)CC3)no1. The zero-order valence-electron chi connectivity index (χ0n) is 13.9. The van der Waals surface area contributed by atoms with Crippen LogP contribution < -0.4 is 10.6 Å². The number of fused-ring (bicyclic) bond motifs is 1. The van der Waals surface area contributed by atoms with Crippen LogP contribution in [-0.2, 0) is 17.8 Å². The lowest BCUT2D eigenvalue weighted by molar-refractivity contribution is -0.122. The minimum Gasteiger partial charge on any atom is -0.361 e. The molecule has 1 aliphatic carbocycles. The molecule has 2 aromatic heterocycles. The van der Waals surface area contributed by atoms with Crippen molar-refractivity contribution in [3.8, 4) is 0 Å². The molecule has 25 heavy (non-hydrogen) atoms. The summed E-state index contributed by atoms with van der Waals surface area (Å²) in [5.74, 6) is 0.345. The molecular weight excluding hydrogens is 342 g/mol. The molecule has 2 amide bonds. The lowest BCUT2D eigenvalue weighted by atomic mass is 10.2. The Balaban J connectivity index is 1.36. The fraction of sp³-hybridized carbons (Fsp3) is 0.500. The minimum absolute atomic E-state index is 0.0883. The molecule has 1 saturated carbocycles. The van der Waals surface area contributed by atoms with Gasteiger partial charge in [0.15, 0.2) is 10.8 Å². The van der Waals surface area contributed by atoms with E-state index >= 15 is 0 Å². The normalized spacial score (nSPS) is 17.2. The molecule has 0 atom stereocenters. The first kappa shape index (κ1) is 16.2. The second-order valence-electron chi connectivity index (χ2n) is 6.47. The second-order valence-corrected chi connectivity index (χ2v) is 7.55. The highest BCUT2D eigenvalue weighted by atomic mass is 32.1. The topological polar surface area (TPSA) is 100 Å². The van der Waals surface area contributed by atoms with Crippen LogP contribution in [0.2, 0.25) is 0 Å². The molecule has 4 rings (SSSR count). The fourth-order valence-corrected chi connectivity index (χ4v) is 3.82. The highest BCUT2D eigenvalue weighted by molar-refractivity contribution is 7.15. The number of carbonyl (C=O) groups excluding carboxylic acids is 2. The Morgan fingerprint density at radius 2 is 2.28 bits per heavy atom. The number of thiazole rings is 1. The maximum atomic E-state index is 12.1. The van der Waals surface area contributed by atoms with Crippen LogP contribution in [0.3, 0.4) is 0 Å². The van der Waals surface area contributed by atoms with Gasteiger partial charge in [-0.2, -0.15) is 0 Å². The van der Waals surface area contributed by atoms with Crippen molar-refractivity contribution < 1.29 is 14.1 Å². The van der Waals surface area contributed by atoms with Crippen molar-refractivity contribution in [2.24, 2.45) is 0 Å². The number of anilines is 1. The summed E-state index contributed by atoms with van der Waals surface area (Å²) in [5, 5.41) is 10.0. The van der Waals surface area contributed by atoms with E-state index in [2.05, 4.69) is 25.7 Å². The average molecular weight is 361 g/mol. The van der Waals surface area contributed by atoms with Crippen LogP contribution in [0.25, 0.3) is 0 Å². The van der Waals surface area contributed by atoms with Crippen molar-refractivity contribution >= 4 is 28.3 Å². The molecule has 1 aliphatic heterocycles. The van der Waals surface area contributed by atoms with Crippen molar-refractivity contribution in [2.45, 2.75) is 38.8 Å². The first-order chi connectivity index (χ1) is 12.1. The van der Waals surface area contributed by atoms with Crippen LogP contribution in [0.5, 0.6) is 0 Å². The Morgan fingerprint density at radius 3 is 3.00 bits per heavy atom. The zero-order chi connectivity index (χ0) is 17.4. The number of nitrogens with one attached hydrogen (secondary N) is 2. The molecule has 2 aromatic rings. The van der Waals surface area contributed by atoms with Gasteiger partial charge in [-0.1, -0.05) is 5.16 Å². The molecule has 1 fully saturated rings. The molecule has 0 saturated heterocycles. The van der Waals surface area contributed by atoms with Crippen molar-refractivity contribution in [3.05, 3.63) is 28.1 Å². The van der Waals surface area contributed by atoms with Crippen molar-refractivity contribution in [1.82, 2.24) is 20.4 Å². The molecule has 2 aliphatic rings. The standard InChI is InChI=1S/C16H19N5O3S/c1-9-6-12(20-24-9)15(23)19-16-18-11-4-5-21(7-13(11)25-16)8-14(22)17-10-2-3-10/h6,10H,2-5,7-8H2,1H3,(H,17,22)(H,18,19,23). The second kappa shape index (κ2) is 6.57. The monoisotopic (exact) mass is 361 g/mol. The van der Waals surface area contributed by atoms with Crippen LogP contribution in [0.15, 0.2) is 10.6 Å². The summed E-state index contributed by atoms with van der Waals surface area (Å²) < 4.78 is 4.92. The molecule has 2 N–H and O–H groups in total. The summed E-state index contributed by atoms with van der Waals surface area (Å²) in [5.41, 5.74) is 1.24. The van der Waals surface area contributed by atoms with Crippen LogP contribution in [0, 0.1) is 6.92 Å². The maximum Gasteiger partial charge on any atom is 0.279 e. The lowest BCUT2D eigenvalue weighted by Crippen LogP contribution is -2.40. The molecule has 0 spiro atoms. The Morgan fingerprint density at radius 1 is 1.44 bits per heavy atom. The number of aromatic nitrogens is 2. The Labute approximate surface area is 148 Å². The van der Waals surface area contributed by atoms with Crippen LogP contribution in [0.4, 0.5) is 5.13 Å². The van der Waals surface area contributed by atoms with E-state index in [0.717, 1.165) is 36.4 Å². The molecule has 9 heteroatoms. The van der Waals surface area contributed by atoms with Gasteiger partial charge in [-0.3, -0.25) is 19.8 Å². The molecule has 0 bridgehead atoms. The summed E-state index contributed by atoms with van der Waals surface area (Å²) in [6, 6.07) is 1.97. The highest BCUT2D eigenvalue weighted by Gasteiger charge is 2.26. The number of amides is 2. The number of nitrogens with zero attached hydrogens (tertiary/aromatic N) is 3. The summed E-state index contributed by atoms with van der Waals surface area (Å²) in [6.45, 7) is 3.63. The highest BCUT2D eigenvalue weighted by Crippen LogP contribution is 2.28. The number of carbonyl (C=O) groups is 2. The van der Waals surface area contributed by atoms with Crippen LogP contribution in [0.1, 0.15) is 39.7 Å². The third-order valence-corrected chi connectivity index (χ3v) is 5.20. The molecule has 0 aromatic carbocycles. The Bertz CT molecular complexity index is 811. The summed E-state index contributed by atoms with van der Waals surface area (Å²) in [6.07, 6.45) is 2.97. The summed E-state index contributed by atoms with van der Waals surface area (Å²) in [7, 11) is 0. The minimum atomic E-state index is -0.330. The molecule has 0 radical (unpaired) electrons. The third-order valence-electron chi connectivity index (χ3n) is 4.20. The van der Waals surface area contributed by atoms with Gasteiger partial charge in [0.05, 0.1) is 12.2 Å². The molecule has 132 valence electrons. The van der Waals surface area contributed by atoms with Gasteiger partial charge < -0.3 is 9.84 Å². The molecular formula is C16H19N5O3S. The Kier molecular flexibility index (Phi) is 4.26. The summed E-state index contributed by atoms with van der Waals surface area (Å²) >= 11 is 1.45. The van der Waals surface area contributed by atoms with E-state index in [1.807, 2.05) is 0 Å². The van der Waals surface area contributed by atoms with E-state index in [1.165, 1.54) is 11.3 Å². The predicted molar refractivity (Wildman–Crippen MR) is 91.5 cm³/mol. The van der Waals surface area contributed by atoms with Gasteiger partial charge in [0.2, 0.25) is 5.91 Å². The first-order valence-corrected chi connectivity index (χ1v) is 9.13. The molecule has 8 nitrogen and oxygen atoms in total. The first-order valence-electron chi connectivity index (χ1n) is 8.32. The molecule has 0 unspecified atom stereocenters. The number of aryl methyl sites for hydroxylation is 1. The zero-order valence-corrected chi connectivity index (χ0v) is 14.7. The van der Waals surface area contributed by atoms with Gasteiger partial charge >= 0.3 is 0 Å². The van der Waals surface area contributed by atoms with Gasteiger partial charge in [-0.25, -0.2) is 4.98 Å². The van der Waals surface area contributed by atoms with E-state index in [4.69, 9.17) is 4.52 Å².